The molecule has 1 aromatic heterocycles. The lowest BCUT2D eigenvalue weighted by Crippen LogP contribution is -2.70. The van der Waals surface area contributed by atoms with E-state index in [1.165, 1.54) is 42.1 Å². The zero-order valence-corrected chi connectivity index (χ0v) is 20.3. The molecule has 0 spiro atoms. The van der Waals surface area contributed by atoms with Gasteiger partial charge in [-0.15, -0.1) is 23.1 Å². The van der Waals surface area contributed by atoms with Crippen LogP contribution in [0.25, 0.3) is 0 Å². The number of aliphatic carboxylic acids is 1. The Hall–Kier alpha value is -3.99. The maximum Gasteiger partial charge on any atom is 0.471 e. The van der Waals surface area contributed by atoms with Gasteiger partial charge in [0, 0.05) is 11.1 Å². The summed E-state index contributed by atoms with van der Waals surface area (Å²) < 4.78 is 50.8. The van der Waals surface area contributed by atoms with Gasteiger partial charge in [-0.1, -0.05) is 17.3 Å². The van der Waals surface area contributed by atoms with Crippen molar-refractivity contribution in [2.24, 2.45) is 5.16 Å². The first kappa shape index (κ1) is 27.1. The molecule has 2 aliphatic rings. The van der Waals surface area contributed by atoms with Crippen molar-refractivity contribution in [1.29, 1.82) is 0 Å². The van der Waals surface area contributed by atoms with Crippen molar-refractivity contribution in [3.05, 3.63) is 58.5 Å². The minimum Gasteiger partial charge on any atom is -0.477 e. The SMILES string of the molecule is O=C(O)C1=CCS[C@H]2C(NC(=O)C(=NOCc3ccc(F)cc3)c3csc(NC(=O)C(F)(F)F)n3)C(=O)N12. The molecule has 11 nitrogen and oxygen atoms in total. The van der Waals surface area contributed by atoms with Crippen molar-refractivity contribution < 1.29 is 46.7 Å². The Bertz CT molecular complexity index is 1340. The quantitative estimate of drug-likeness (QED) is 0.188. The Kier molecular flexibility index (Phi) is 7.68. The molecule has 3 N–H and O–H groups in total. The number of β-lactam (4-membered cyclic amide) rings is 1. The number of rotatable bonds is 8. The third-order valence-corrected chi connectivity index (χ3v) is 7.03. The number of aromatic nitrogens is 1. The lowest BCUT2D eigenvalue weighted by molar-refractivity contribution is -0.167. The Morgan fingerprint density at radius 2 is 1.95 bits per heavy atom. The van der Waals surface area contributed by atoms with Crippen LogP contribution >= 0.6 is 23.1 Å². The first-order valence-corrected chi connectivity index (χ1v) is 12.4. The normalized spacial score (nSPS) is 19.2. The predicted molar refractivity (Wildman–Crippen MR) is 125 cm³/mol. The average molecular weight is 574 g/mol. The topological polar surface area (TPSA) is 150 Å². The number of hydrogen-bond acceptors (Lipinski definition) is 9. The van der Waals surface area contributed by atoms with Crippen molar-refractivity contribution in [2.45, 2.75) is 24.2 Å². The first-order chi connectivity index (χ1) is 18.0. The first-order valence-electron chi connectivity index (χ1n) is 10.4. The van der Waals surface area contributed by atoms with Gasteiger partial charge in [0.15, 0.2) is 10.8 Å². The van der Waals surface area contributed by atoms with Crippen LogP contribution in [0.2, 0.25) is 0 Å². The number of halogens is 4. The van der Waals surface area contributed by atoms with Gasteiger partial charge in [-0.2, -0.15) is 13.2 Å². The largest absolute Gasteiger partial charge is 0.477 e. The summed E-state index contributed by atoms with van der Waals surface area (Å²) in [6, 6.07) is 4.01. The Balaban J connectivity index is 1.53. The number of oxime groups is 1. The molecule has 0 radical (unpaired) electrons. The van der Waals surface area contributed by atoms with Crippen molar-refractivity contribution >= 4 is 57.6 Å². The molecule has 0 bridgehead atoms. The zero-order valence-electron chi connectivity index (χ0n) is 18.7. The Labute approximate surface area is 218 Å². The number of carboxylic acids is 1. The summed E-state index contributed by atoms with van der Waals surface area (Å²) in [7, 11) is 0. The monoisotopic (exact) mass is 573 g/mol. The number of alkyl halides is 3. The fraction of sp³-hybridized carbons (Fsp3) is 0.238. The van der Waals surface area contributed by atoms with Crippen LogP contribution in [0.1, 0.15) is 11.3 Å². The highest BCUT2D eigenvalue weighted by atomic mass is 32.2. The summed E-state index contributed by atoms with van der Waals surface area (Å²) in [6.45, 7) is -0.222. The van der Waals surface area contributed by atoms with Gasteiger partial charge in [0.2, 0.25) is 0 Å². The number of nitrogens with one attached hydrogen (secondary N) is 2. The minimum atomic E-state index is -5.17. The highest BCUT2D eigenvalue weighted by Crippen LogP contribution is 2.37. The van der Waals surface area contributed by atoms with Crippen molar-refractivity contribution in [3.63, 3.8) is 0 Å². The Morgan fingerprint density at radius 1 is 1.24 bits per heavy atom. The number of amides is 3. The van der Waals surface area contributed by atoms with E-state index in [1.807, 2.05) is 0 Å². The summed E-state index contributed by atoms with van der Waals surface area (Å²) in [4.78, 5) is 58.2. The van der Waals surface area contributed by atoms with Crippen LogP contribution < -0.4 is 10.6 Å². The molecular formula is C21H15F4N5O6S2. The van der Waals surface area contributed by atoms with Crippen LogP contribution in [0.3, 0.4) is 0 Å². The second kappa shape index (κ2) is 10.8. The van der Waals surface area contributed by atoms with E-state index in [1.54, 1.807) is 5.32 Å². The molecule has 38 heavy (non-hydrogen) atoms. The smallest absolute Gasteiger partial charge is 0.471 e. The summed E-state index contributed by atoms with van der Waals surface area (Å²) in [5.41, 5.74) is -0.542. The standard InChI is InChI=1S/C21H15F4N5O6S2/c22-10-3-1-9(2-4-10)7-36-29-13(11-8-38-20(26-11)28-19(35)21(23,24)25)15(31)27-14-16(32)30-12(18(33)34)5-6-37-17(14)30/h1-5,8,14,17H,6-7H2,(H,27,31)(H,33,34)(H,26,28,35)/t14?,17-/m0/s1. The number of thioether (sulfide) groups is 1. The number of carboxylic acid groups (broad SMARTS) is 1. The molecule has 1 fully saturated rings. The van der Waals surface area contributed by atoms with Gasteiger partial charge in [0.05, 0.1) is 0 Å². The molecule has 1 aromatic carbocycles. The molecule has 2 aromatic rings. The van der Waals surface area contributed by atoms with Crippen LogP contribution in [0.15, 0.2) is 46.6 Å². The molecule has 3 amide bonds. The maximum atomic E-state index is 13.1. The van der Waals surface area contributed by atoms with Gasteiger partial charge in [-0.3, -0.25) is 24.6 Å². The molecule has 2 atom stereocenters. The van der Waals surface area contributed by atoms with E-state index >= 15 is 0 Å². The van der Waals surface area contributed by atoms with Gasteiger partial charge in [-0.05, 0) is 23.8 Å². The van der Waals surface area contributed by atoms with E-state index in [-0.39, 0.29) is 23.8 Å². The number of fused-ring (bicyclic) bond motifs is 1. The van der Waals surface area contributed by atoms with Gasteiger partial charge >= 0.3 is 18.1 Å². The van der Waals surface area contributed by atoms with Crippen LogP contribution in [-0.2, 0) is 30.6 Å². The molecule has 3 heterocycles. The molecule has 2 aliphatic heterocycles. The van der Waals surface area contributed by atoms with Gasteiger partial charge in [0.25, 0.3) is 11.8 Å². The summed E-state index contributed by atoms with van der Waals surface area (Å²) in [5.74, 6) is -5.47. The average Bonchev–Trinajstić information content (AvgIpc) is 3.32. The van der Waals surface area contributed by atoms with Gasteiger partial charge in [-0.25, -0.2) is 14.2 Å². The summed E-state index contributed by atoms with van der Waals surface area (Å²) >= 11 is 1.79. The molecule has 4 rings (SSSR count). The molecule has 17 heteroatoms. The number of hydrogen-bond donors (Lipinski definition) is 3. The number of benzene rings is 1. The number of nitrogens with zero attached hydrogens (tertiary/aromatic N) is 3. The van der Waals surface area contributed by atoms with E-state index in [2.05, 4.69) is 15.5 Å². The summed E-state index contributed by atoms with van der Waals surface area (Å²) in [6.07, 6.45) is -3.81. The number of thiazole rings is 1. The molecule has 200 valence electrons. The number of anilines is 1. The minimum absolute atomic E-state index is 0.217. The van der Waals surface area contributed by atoms with Gasteiger partial charge in [0.1, 0.15) is 35.2 Å². The van der Waals surface area contributed by atoms with E-state index in [4.69, 9.17) is 4.84 Å². The maximum absolute atomic E-state index is 13.1. The third kappa shape index (κ3) is 5.77. The van der Waals surface area contributed by atoms with E-state index in [9.17, 15) is 41.8 Å². The molecule has 0 saturated carbocycles. The van der Waals surface area contributed by atoms with Crippen LogP contribution in [0.5, 0.6) is 0 Å². The molecule has 1 unspecified atom stereocenters. The molecular weight excluding hydrogens is 558 g/mol. The Morgan fingerprint density at radius 3 is 2.61 bits per heavy atom. The van der Waals surface area contributed by atoms with Crippen LogP contribution in [0, 0.1) is 5.82 Å². The fourth-order valence-electron chi connectivity index (χ4n) is 3.31. The van der Waals surface area contributed by atoms with Crippen LogP contribution in [-0.4, -0.2) is 67.7 Å². The summed E-state index contributed by atoms with van der Waals surface area (Å²) in [5, 5.41) is 16.9. The number of carbonyl (C=O) groups is 4. The van der Waals surface area contributed by atoms with Crippen molar-refractivity contribution in [1.82, 2.24) is 15.2 Å². The fourth-order valence-corrected chi connectivity index (χ4v) is 5.20. The highest BCUT2D eigenvalue weighted by molar-refractivity contribution is 8.00. The number of carbonyl (C=O) groups excluding carboxylic acids is 3. The highest BCUT2D eigenvalue weighted by Gasteiger charge is 2.53. The van der Waals surface area contributed by atoms with E-state index in [0.717, 1.165) is 10.3 Å². The second-order valence-corrected chi connectivity index (χ2v) is 9.62. The second-order valence-electron chi connectivity index (χ2n) is 7.61. The molecule has 0 aliphatic carbocycles. The predicted octanol–water partition coefficient (Wildman–Crippen LogP) is 2.07. The molecule has 1 saturated heterocycles. The van der Waals surface area contributed by atoms with Crippen molar-refractivity contribution in [2.75, 3.05) is 11.1 Å². The van der Waals surface area contributed by atoms with Gasteiger partial charge < -0.3 is 15.3 Å². The lowest BCUT2D eigenvalue weighted by atomic mass is 10.0. The lowest BCUT2D eigenvalue weighted by Gasteiger charge is -2.48. The zero-order chi connectivity index (χ0) is 27.6. The van der Waals surface area contributed by atoms with E-state index < -0.39 is 57.9 Å². The third-order valence-electron chi connectivity index (χ3n) is 5.09. The van der Waals surface area contributed by atoms with Crippen LogP contribution in [0.4, 0.5) is 22.7 Å². The van der Waals surface area contributed by atoms with Crippen molar-refractivity contribution in [3.8, 4) is 0 Å². The van der Waals surface area contributed by atoms with E-state index in [0.29, 0.717) is 16.9 Å².